The maximum absolute atomic E-state index is 13.8. The number of nitrogens with two attached hydrogens (primary N) is 1. The number of nitrogens with one attached hydrogen (secondary N) is 1. The first-order valence-corrected chi connectivity index (χ1v) is 8.89. The number of aryl methyl sites for hydroxylation is 1. The molecule has 0 saturated carbocycles. The van der Waals surface area contributed by atoms with Crippen LogP contribution in [-0.2, 0) is 6.61 Å². The van der Waals surface area contributed by atoms with Gasteiger partial charge in [0.1, 0.15) is 23.9 Å². The molecule has 1 aromatic carbocycles. The molecule has 0 aliphatic carbocycles. The number of hydrogen-bond donors (Lipinski definition) is 2. The lowest BCUT2D eigenvalue weighted by molar-refractivity contribution is 0.0929. The van der Waals surface area contributed by atoms with Crippen LogP contribution < -0.4 is 15.8 Å². The van der Waals surface area contributed by atoms with E-state index in [0.717, 1.165) is 0 Å². The first-order chi connectivity index (χ1) is 13.3. The van der Waals surface area contributed by atoms with Gasteiger partial charge < -0.3 is 15.8 Å². The van der Waals surface area contributed by atoms with Crippen molar-refractivity contribution in [3.05, 3.63) is 65.1 Å². The summed E-state index contributed by atoms with van der Waals surface area (Å²) in [4.78, 5) is 17.1. The average Bonchev–Trinajstić information content (AvgIpc) is 2.97. The zero-order valence-electron chi connectivity index (χ0n) is 15.9. The van der Waals surface area contributed by atoms with Gasteiger partial charge in [0, 0.05) is 18.3 Å². The highest BCUT2D eigenvalue weighted by molar-refractivity contribution is 5.95. The standard InChI is InChI=1S/C20H22F2N4O2/c1-11(23)12(2)25-20(27)18-13(3)24-19-17(8-5-9-26(18)19)28-10-14-15(21)6-4-7-16(14)22/h4-9,11-12H,10,23H2,1-3H3,(H,25,27)/t11-,12?/m1/s1. The van der Waals surface area contributed by atoms with Gasteiger partial charge in [-0.25, -0.2) is 13.8 Å². The van der Waals surface area contributed by atoms with Crippen LogP contribution in [0, 0.1) is 18.6 Å². The molecule has 8 heteroatoms. The molecule has 1 amide bonds. The molecule has 3 aromatic rings. The van der Waals surface area contributed by atoms with Gasteiger partial charge in [-0.1, -0.05) is 6.07 Å². The van der Waals surface area contributed by atoms with E-state index in [-0.39, 0.29) is 30.2 Å². The Bertz CT molecular complexity index is 997. The van der Waals surface area contributed by atoms with Crippen LogP contribution in [0.4, 0.5) is 8.78 Å². The number of amides is 1. The van der Waals surface area contributed by atoms with E-state index in [0.29, 0.717) is 22.8 Å². The highest BCUT2D eigenvalue weighted by atomic mass is 19.1. The van der Waals surface area contributed by atoms with Crippen LogP contribution in [0.25, 0.3) is 5.65 Å². The van der Waals surface area contributed by atoms with Crippen molar-refractivity contribution in [3.8, 4) is 5.75 Å². The van der Waals surface area contributed by atoms with Gasteiger partial charge in [-0.15, -0.1) is 0 Å². The zero-order valence-corrected chi connectivity index (χ0v) is 15.9. The summed E-state index contributed by atoms with van der Waals surface area (Å²) >= 11 is 0. The summed E-state index contributed by atoms with van der Waals surface area (Å²) < 4.78 is 34.9. The first kappa shape index (κ1) is 19.8. The van der Waals surface area contributed by atoms with E-state index < -0.39 is 11.6 Å². The number of carbonyl (C=O) groups excluding carboxylic acids is 1. The Morgan fingerprint density at radius 1 is 1.25 bits per heavy atom. The third-order valence-corrected chi connectivity index (χ3v) is 4.58. The van der Waals surface area contributed by atoms with Crippen molar-refractivity contribution in [2.75, 3.05) is 0 Å². The van der Waals surface area contributed by atoms with E-state index in [1.165, 1.54) is 18.2 Å². The van der Waals surface area contributed by atoms with Gasteiger partial charge in [0.25, 0.3) is 5.91 Å². The molecule has 148 valence electrons. The van der Waals surface area contributed by atoms with E-state index in [4.69, 9.17) is 10.5 Å². The largest absolute Gasteiger partial charge is 0.485 e. The summed E-state index contributed by atoms with van der Waals surface area (Å²) in [6.45, 7) is 5.03. The average molecular weight is 388 g/mol. The van der Waals surface area contributed by atoms with Crippen molar-refractivity contribution < 1.29 is 18.3 Å². The molecule has 0 saturated heterocycles. The lowest BCUT2D eigenvalue weighted by Gasteiger charge is -2.17. The molecular weight excluding hydrogens is 366 g/mol. The first-order valence-electron chi connectivity index (χ1n) is 8.89. The summed E-state index contributed by atoms with van der Waals surface area (Å²) in [7, 11) is 0. The van der Waals surface area contributed by atoms with E-state index in [9.17, 15) is 13.6 Å². The van der Waals surface area contributed by atoms with Gasteiger partial charge in [0.15, 0.2) is 11.4 Å². The number of rotatable bonds is 6. The van der Waals surface area contributed by atoms with Gasteiger partial charge in [-0.05, 0) is 45.0 Å². The van der Waals surface area contributed by atoms with Gasteiger partial charge in [0.05, 0.1) is 11.3 Å². The Kier molecular flexibility index (Phi) is 5.60. The zero-order chi connectivity index (χ0) is 20.4. The summed E-state index contributed by atoms with van der Waals surface area (Å²) in [5.41, 5.74) is 6.88. The molecule has 2 heterocycles. The summed E-state index contributed by atoms with van der Waals surface area (Å²) in [5.74, 6) is -1.37. The molecule has 6 nitrogen and oxygen atoms in total. The Hall–Kier alpha value is -3.00. The van der Waals surface area contributed by atoms with Crippen LogP contribution in [0.5, 0.6) is 5.75 Å². The third kappa shape index (κ3) is 3.82. The second kappa shape index (κ2) is 7.93. The van der Waals surface area contributed by atoms with Gasteiger partial charge in [-0.2, -0.15) is 0 Å². The monoisotopic (exact) mass is 388 g/mol. The maximum Gasteiger partial charge on any atom is 0.270 e. The number of fused-ring (bicyclic) bond motifs is 1. The summed E-state index contributed by atoms with van der Waals surface area (Å²) in [5, 5.41) is 2.84. The molecule has 0 aliphatic heterocycles. The highest BCUT2D eigenvalue weighted by Gasteiger charge is 2.21. The number of pyridine rings is 1. The number of aromatic nitrogens is 2. The van der Waals surface area contributed by atoms with Crippen LogP contribution in [0.15, 0.2) is 36.5 Å². The molecule has 0 bridgehead atoms. The molecule has 3 rings (SSSR count). The summed E-state index contributed by atoms with van der Waals surface area (Å²) in [6.07, 6.45) is 1.68. The normalized spacial score (nSPS) is 13.4. The van der Waals surface area contributed by atoms with Gasteiger partial charge in [-0.3, -0.25) is 9.20 Å². The predicted octanol–water partition coefficient (Wildman–Crippen LogP) is 2.97. The van der Waals surface area contributed by atoms with Crippen molar-refractivity contribution in [3.63, 3.8) is 0 Å². The molecule has 2 aromatic heterocycles. The molecule has 0 aliphatic rings. The van der Waals surface area contributed by atoms with E-state index >= 15 is 0 Å². The molecule has 0 fully saturated rings. The topological polar surface area (TPSA) is 81.7 Å². The predicted molar refractivity (Wildman–Crippen MR) is 101 cm³/mol. The maximum atomic E-state index is 13.8. The Labute approximate surface area is 161 Å². The number of carbonyl (C=O) groups is 1. The minimum Gasteiger partial charge on any atom is -0.485 e. The van der Waals surface area contributed by atoms with Gasteiger partial charge in [0.2, 0.25) is 0 Å². The minimum absolute atomic E-state index is 0.170. The van der Waals surface area contributed by atoms with E-state index in [1.54, 1.807) is 36.6 Å². The van der Waals surface area contributed by atoms with Crippen molar-refractivity contribution >= 4 is 11.6 Å². The molecule has 2 atom stereocenters. The second-order valence-corrected chi connectivity index (χ2v) is 6.72. The number of hydrogen-bond acceptors (Lipinski definition) is 4. The van der Waals surface area contributed by atoms with Crippen molar-refractivity contribution in [2.45, 2.75) is 39.5 Å². The fourth-order valence-electron chi connectivity index (χ4n) is 2.77. The SMILES string of the molecule is Cc1nc2c(OCc3c(F)cccc3F)cccn2c1C(=O)NC(C)[C@@H](C)N. The Morgan fingerprint density at radius 2 is 1.93 bits per heavy atom. The summed E-state index contributed by atoms with van der Waals surface area (Å²) in [6, 6.07) is 6.51. The fourth-order valence-corrected chi connectivity index (χ4v) is 2.77. The lowest BCUT2D eigenvalue weighted by Crippen LogP contribution is -2.44. The van der Waals surface area contributed by atoms with Crippen molar-refractivity contribution in [2.24, 2.45) is 5.73 Å². The lowest BCUT2D eigenvalue weighted by atomic mass is 10.2. The van der Waals surface area contributed by atoms with E-state index in [2.05, 4.69) is 10.3 Å². The van der Waals surface area contributed by atoms with Crippen molar-refractivity contribution in [1.29, 1.82) is 0 Å². The molecule has 1 unspecified atom stereocenters. The Morgan fingerprint density at radius 3 is 2.57 bits per heavy atom. The van der Waals surface area contributed by atoms with Crippen LogP contribution >= 0.6 is 0 Å². The minimum atomic E-state index is -0.684. The van der Waals surface area contributed by atoms with Crippen LogP contribution in [0.3, 0.4) is 0 Å². The molecule has 3 N–H and O–H groups in total. The van der Waals surface area contributed by atoms with Crippen LogP contribution in [-0.4, -0.2) is 27.4 Å². The molecule has 0 radical (unpaired) electrons. The number of ether oxygens (including phenoxy) is 1. The van der Waals surface area contributed by atoms with E-state index in [1.807, 2.05) is 6.92 Å². The quantitative estimate of drug-likeness (QED) is 0.680. The number of imidazole rings is 1. The van der Waals surface area contributed by atoms with Crippen molar-refractivity contribution in [1.82, 2.24) is 14.7 Å². The van der Waals surface area contributed by atoms with Gasteiger partial charge >= 0.3 is 0 Å². The van der Waals surface area contributed by atoms with Crippen LogP contribution in [0.2, 0.25) is 0 Å². The smallest absolute Gasteiger partial charge is 0.270 e. The number of halogens is 2. The highest BCUT2D eigenvalue weighted by Crippen LogP contribution is 2.24. The Balaban J connectivity index is 1.91. The second-order valence-electron chi connectivity index (χ2n) is 6.72. The molecule has 28 heavy (non-hydrogen) atoms. The third-order valence-electron chi connectivity index (χ3n) is 4.58. The number of nitrogens with zero attached hydrogens (tertiary/aromatic N) is 2. The van der Waals surface area contributed by atoms with Crippen LogP contribution in [0.1, 0.15) is 35.6 Å². The number of benzene rings is 1. The fraction of sp³-hybridized carbons (Fsp3) is 0.300. The molecule has 0 spiro atoms. The molecular formula is C20H22F2N4O2.